The number of amides is 1. The van der Waals surface area contributed by atoms with Crippen molar-refractivity contribution in [2.75, 3.05) is 32.6 Å². The lowest BCUT2D eigenvalue weighted by atomic mass is 10.0. The van der Waals surface area contributed by atoms with Crippen molar-refractivity contribution in [3.05, 3.63) is 46.8 Å². The number of carbonyl (C=O) groups excluding carboxylic acids is 2. The molecule has 0 spiro atoms. The maximum Gasteiger partial charge on any atom is 0.358 e. The number of anilines is 1. The van der Waals surface area contributed by atoms with Crippen LogP contribution >= 0.6 is 0 Å². The molecular weight excluding hydrogens is 320 g/mol. The fourth-order valence-electron chi connectivity index (χ4n) is 3.09. The number of methoxy groups -OCH3 is 1. The van der Waals surface area contributed by atoms with Crippen LogP contribution < -0.4 is 4.90 Å². The van der Waals surface area contributed by atoms with Crippen LogP contribution in [-0.2, 0) is 24.8 Å². The molecule has 0 aliphatic carbocycles. The third kappa shape index (κ3) is 3.09. The van der Waals surface area contributed by atoms with Crippen LogP contribution in [0.15, 0.2) is 24.3 Å². The van der Waals surface area contributed by atoms with Gasteiger partial charge >= 0.3 is 5.97 Å². The number of aromatic nitrogens is 2. The minimum Gasteiger partial charge on any atom is -0.464 e. The number of benzene rings is 1. The SMILES string of the molecule is COC(=O)c1nn(C)c2c1CCN(C(=O)c1ccc(N(C)C)cc1)C2. The number of carbonyl (C=O) groups is 2. The van der Waals surface area contributed by atoms with Crippen molar-refractivity contribution in [1.82, 2.24) is 14.7 Å². The summed E-state index contributed by atoms with van der Waals surface area (Å²) in [5.74, 6) is -0.451. The molecule has 1 aliphatic rings. The highest BCUT2D eigenvalue weighted by Gasteiger charge is 2.29. The molecule has 1 aliphatic heterocycles. The Morgan fingerprint density at radius 2 is 1.88 bits per heavy atom. The normalized spacial score (nSPS) is 13.4. The van der Waals surface area contributed by atoms with Gasteiger partial charge < -0.3 is 14.5 Å². The Kier molecular flexibility index (Phi) is 4.48. The van der Waals surface area contributed by atoms with Gasteiger partial charge in [0.1, 0.15) is 0 Å². The van der Waals surface area contributed by atoms with Gasteiger partial charge in [0.25, 0.3) is 5.91 Å². The summed E-state index contributed by atoms with van der Waals surface area (Å²) in [6.07, 6.45) is 0.592. The zero-order valence-corrected chi connectivity index (χ0v) is 14.9. The third-order valence-corrected chi connectivity index (χ3v) is 4.54. The van der Waals surface area contributed by atoms with E-state index in [0.29, 0.717) is 30.8 Å². The molecule has 2 aromatic rings. The molecule has 0 fully saturated rings. The van der Waals surface area contributed by atoms with E-state index in [0.717, 1.165) is 16.9 Å². The molecule has 2 heterocycles. The van der Waals surface area contributed by atoms with Crippen LogP contribution in [-0.4, -0.2) is 54.3 Å². The zero-order valence-electron chi connectivity index (χ0n) is 14.9. The van der Waals surface area contributed by atoms with E-state index in [1.807, 2.05) is 43.3 Å². The maximum atomic E-state index is 12.8. The van der Waals surface area contributed by atoms with E-state index in [4.69, 9.17) is 4.74 Å². The van der Waals surface area contributed by atoms with E-state index in [2.05, 4.69) is 5.10 Å². The predicted molar refractivity (Wildman–Crippen MR) is 93.8 cm³/mol. The molecular formula is C18H22N4O3. The van der Waals surface area contributed by atoms with Crippen molar-refractivity contribution in [3.8, 4) is 0 Å². The second-order valence-corrected chi connectivity index (χ2v) is 6.31. The van der Waals surface area contributed by atoms with E-state index >= 15 is 0 Å². The van der Waals surface area contributed by atoms with Gasteiger partial charge in [0.2, 0.25) is 0 Å². The van der Waals surface area contributed by atoms with Crippen LogP contribution in [0.5, 0.6) is 0 Å². The monoisotopic (exact) mass is 342 g/mol. The number of hydrogen-bond donors (Lipinski definition) is 0. The van der Waals surface area contributed by atoms with Gasteiger partial charge in [-0.2, -0.15) is 5.10 Å². The van der Waals surface area contributed by atoms with E-state index < -0.39 is 5.97 Å². The van der Waals surface area contributed by atoms with Gasteiger partial charge in [-0.1, -0.05) is 0 Å². The minimum atomic E-state index is -0.434. The first-order valence-electron chi connectivity index (χ1n) is 8.12. The Bertz CT molecular complexity index is 808. The molecule has 0 atom stereocenters. The molecule has 0 unspecified atom stereocenters. The van der Waals surface area contributed by atoms with Crippen molar-refractivity contribution < 1.29 is 14.3 Å². The number of ether oxygens (including phenoxy) is 1. The minimum absolute atomic E-state index is 0.0169. The third-order valence-electron chi connectivity index (χ3n) is 4.54. The highest BCUT2D eigenvalue weighted by atomic mass is 16.5. The van der Waals surface area contributed by atoms with Crippen molar-refractivity contribution in [1.29, 1.82) is 0 Å². The van der Waals surface area contributed by atoms with Crippen LogP contribution in [0.25, 0.3) is 0 Å². The Labute approximate surface area is 146 Å². The van der Waals surface area contributed by atoms with E-state index in [9.17, 15) is 9.59 Å². The standard InChI is InChI=1S/C18H22N4O3/c1-20(2)13-7-5-12(6-8-13)17(23)22-10-9-14-15(11-22)21(3)19-16(14)18(24)25-4/h5-8H,9-11H2,1-4H3. The Morgan fingerprint density at radius 3 is 2.48 bits per heavy atom. The van der Waals surface area contributed by atoms with Gasteiger partial charge in [0.05, 0.1) is 19.3 Å². The van der Waals surface area contributed by atoms with Crippen molar-refractivity contribution in [3.63, 3.8) is 0 Å². The van der Waals surface area contributed by atoms with Gasteiger partial charge in [0.15, 0.2) is 5.69 Å². The summed E-state index contributed by atoms with van der Waals surface area (Å²) in [6, 6.07) is 7.55. The molecule has 3 rings (SSSR count). The number of fused-ring (bicyclic) bond motifs is 1. The number of esters is 1. The van der Waals surface area contributed by atoms with Crippen LogP contribution in [0.3, 0.4) is 0 Å². The van der Waals surface area contributed by atoms with Crippen molar-refractivity contribution >= 4 is 17.6 Å². The molecule has 25 heavy (non-hydrogen) atoms. The molecule has 1 amide bonds. The quantitative estimate of drug-likeness (QED) is 0.790. The Hall–Kier alpha value is -2.83. The molecule has 7 heteroatoms. The molecule has 0 N–H and O–H groups in total. The lowest BCUT2D eigenvalue weighted by Gasteiger charge is -2.27. The van der Waals surface area contributed by atoms with Crippen molar-refractivity contribution in [2.45, 2.75) is 13.0 Å². The largest absolute Gasteiger partial charge is 0.464 e. The summed E-state index contributed by atoms with van der Waals surface area (Å²) in [5, 5.41) is 4.26. The van der Waals surface area contributed by atoms with Crippen molar-refractivity contribution in [2.24, 2.45) is 7.05 Å². The fraction of sp³-hybridized carbons (Fsp3) is 0.389. The molecule has 0 radical (unpaired) electrons. The van der Waals surface area contributed by atoms with Gasteiger partial charge in [-0.25, -0.2) is 4.79 Å². The highest BCUT2D eigenvalue weighted by Crippen LogP contribution is 2.24. The second kappa shape index (κ2) is 6.58. The summed E-state index contributed by atoms with van der Waals surface area (Å²) in [5.41, 5.74) is 3.81. The fourth-order valence-corrected chi connectivity index (χ4v) is 3.09. The number of aryl methyl sites for hydroxylation is 1. The van der Waals surface area contributed by atoms with E-state index in [1.165, 1.54) is 7.11 Å². The topological polar surface area (TPSA) is 67.7 Å². The average molecular weight is 342 g/mol. The first-order valence-corrected chi connectivity index (χ1v) is 8.12. The summed E-state index contributed by atoms with van der Waals surface area (Å²) < 4.78 is 6.45. The second-order valence-electron chi connectivity index (χ2n) is 6.31. The van der Waals surface area contributed by atoms with Crippen LogP contribution in [0.4, 0.5) is 5.69 Å². The van der Waals surface area contributed by atoms with E-state index in [-0.39, 0.29) is 5.91 Å². The first-order chi connectivity index (χ1) is 11.9. The maximum absolute atomic E-state index is 12.8. The van der Waals surface area contributed by atoms with Gasteiger partial charge in [0, 0.05) is 44.5 Å². The first kappa shape index (κ1) is 17.0. The summed E-state index contributed by atoms with van der Waals surface area (Å²) in [6.45, 7) is 0.987. The molecule has 1 aromatic carbocycles. The predicted octanol–water partition coefficient (Wildman–Crippen LogP) is 1.47. The summed E-state index contributed by atoms with van der Waals surface area (Å²) in [7, 11) is 7.05. The van der Waals surface area contributed by atoms with Crippen LogP contribution in [0, 0.1) is 0 Å². The number of nitrogens with zero attached hydrogens (tertiary/aromatic N) is 4. The smallest absolute Gasteiger partial charge is 0.358 e. The van der Waals surface area contributed by atoms with Gasteiger partial charge in [-0.3, -0.25) is 9.48 Å². The summed E-state index contributed by atoms with van der Waals surface area (Å²) in [4.78, 5) is 28.4. The van der Waals surface area contributed by atoms with Gasteiger partial charge in [-0.05, 0) is 30.7 Å². The lowest BCUT2D eigenvalue weighted by Crippen LogP contribution is -2.36. The number of rotatable bonds is 3. The highest BCUT2D eigenvalue weighted by molar-refractivity contribution is 5.95. The van der Waals surface area contributed by atoms with Crippen LogP contribution in [0.2, 0.25) is 0 Å². The molecule has 7 nitrogen and oxygen atoms in total. The average Bonchev–Trinajstić information content (AvgIpc) is 2.96. The molecule has 0 bridgehead atoms. The molecule has 0 saturated carbocycles. The van der Waals surface area contributed by atoms with E-state index in [1.54, 1.807) is 16.6 Å². The van der Waals surface area contributed by atoms with Gasteiger partial charge in [-0.15, -0.1) is 0 Å². The molecule has 0 saturated heterocycles. The summed E-state index contributed by atoms with van der Waals surface area (Å²) >= 11 is 0. The molecule has 132 valence electrons. The zero-order chi connectivity index (χ0) is 18.1. The molecule has 1 aromatic heterocycles. The van der Waals surface area contributed by atoms with Crippen LogP contribution in [0.1, 0.15) is 32.1 Å². The number of hydrogen-bond acceptors (Lipinski definition) is 5. The Morgan fingerprint density at radius 1 is 1.20 bits per heavy atom. The lowest BCUT2D eigenvalue weighted by molar-refractivity contribution is 0.0591. The Balaban J connectivity index is 1.81.